The summed E-state index contributed by atoms with van der Waals surface area (Å²) in [6.45, 7) is 2.57. The zero-order chi connectivity index (χ0) is 24.4. The molecule has 0 unspecified atom stereocenters. The van der Waals surface area contributed by atoms with E-state index >= 15 is 0 Å². The van der Waals surface area contributed by atoms with Crippen LogP contribution in [0.15, 0.2) is 42.5 Å². The molecule has 0 bridgehead atoms. The van der Waals surface area contributed by atoms with Gasteiger partial charge in [0.05, 0.1) is 22.0 Å². The van der Waals surface area contributed by atoms with Crippen molar-refractivity contribution in [3.63, 3.8) is 0 Å². The molecule has 1 aromatic heterocycles. The van der Waals surface area contributed by atoms with Gasteiger partial charge in [0.25, 0.3) is 0 Å². The van der Waals surface area contributed by atoms with Crippen molar-refractivity contribution in [2.75, 3.05) is 19.6 Å². The van der Waals surface area contributed by atoms with E-state index in [2.05, 4.69) is 15.8 Å². The Morgan fingerprint density at radius 2 is 1.86 bits per heavy atom. The standard InChI is InChI=1S/C25H24Cl2FN5O2/c26-18-6-9-22(21(27)13-18)33-23-17(12-16-4-7-19(28)8-5-16)14-29-15-20(23)24(30-33)35-25(34)31-32-10-2-1-3-11-32/h4-9,12-13,29H,1-3,10-11,14-15H2,(H,31,34)/b17-12+. The van der Waals surface area contributed by atoms with Gasteiger partial charge in [0, 0.05) is 31.2 Å². The van der Waals surface area contributed by atoms with Gasteiger partial charge in [0.2, 0.25) is 5.88 Å². The zero-order valence-corrected chi connectivity index (χ0v) is 20.4. The molecule has 5 rings (SSSR count). The molecule has 1 saturated heterocycles. The Labute approximate surface area is 212 Å². The Bertz CT molecular complexity index is 1270. The molecule has 2 aliphatic heterocycles. The monoisotopic (exact) mass is 515 g/mol. The molecule has 1 amide bonds. The maximum absolute atomic E-state index is 13.4. The molecule has 2 N–H and O–H groups in total. The van der Waals surface area contributed by atoms with Gasteiger partial charge in [-0.05, 0) is 60.4 Å². The fourth-order valence-electron chi connectivity index (χ4n) is 4.36. The van der Waals surface area contributed by atoms with E-state index in [-0.39, 0.29) is 11.7 Å². The molecule has 7 nitrogen and oxygen atoms in total. The van der Waals surface area contributed by atoms with E-state index in [9.17, 15) is 9.18 Å². The van der Waals surface area contributed by atoms with E-state index < -0.39 is 6.09 Å². The van der Waals surface area contributed by atoms with Crippen LogP contribution in [0.25, 0.3) is 17.3 Å². The minimum absolute atomic E-state index is 0.192. The largest absolute Gasteiger partial charge is 0.428 e. The summed E-state index contributed by atoms with van der Waals surface area (Å²) in [7, 11) is 0. The molecular formula is C25H24Cl2FN5O2. The number of amides is 1. The maximum Gasteiger partial charge on any atom is 0.428 e. The summed E-state index contributed by atoms with van der Waals surface area (Å²) in [5, 5.41) is 10.7. The number of hydrogen-bond donors (Lipinski definition) is 2. The van der Waals surface area contributed by atoms with E-state index in [1.54, 1.807) is 35.0 Å². The Morgan fingerprint density at radius 1 is 1.09 bits per heavy atom. The first-order chi connectivity index (χ1) is 17.0. The molecule has 10 heteroatoms. The molecule has 35 heavy (non-hydrogen) atoms. The molecule has 1 fully saturated rings. The van der Waals surface area contributed by atoms with Crippen molar-refractivity contribution in [2.24, 2.45) is 0 Å². The SMILES string of the molecule is O=C(NN1CCCCC1)Oc1nn(-c2ccc(Cl)cc2Cl)c2c1CNC/C2=C\c1ccc(F)cc1. The second-order valence-corrected chi connectivity index (χ2v) is 9.36. The second kappa shape index (κ2) is 10.4. The highest BCUT2D eigenvalue weighted by atomic mass is 35.5. The number of fused-ring (bicyclic) bond motifs is 1. The van der Waals surface area contributed by atoms with Crippen LogP contribution in [-0.4, -0.2) is 40.5 Å². The summed E-state index contributed by atoms with van der Waals surface area (Å²) in [6.07, 6.45) is 4.57. The van der Waals surface area contributed by atoms with Crippen LogP contribution in [0, 0.1) is 5.82 Å². The number of hydrazine groups is 1. The van der Waals surface area contributed by atoms with Crippen LogP contribution < -0.4 is 15.5 Å². The van der Waals surface area contributed by atoms with Crippen molar-refractivity contribution in [1.29, 1.82) is 0 Å². The number of nitrogens with zero attached hydrogens (tertiary/aromatic N) is 3. The number of piperidine rings is 1. The molecule has 3 aromatic rings. The summed E-state index contributed by atoms with van der Waals surface area (Å²) in [4.78, 5) is 12.7. The third kappa shape index (κ3) is 5.36. The number of halogens is 3. The number of hydrogen-bond acceptors (Lipinski definition) is 5. The van der Waals surface area contributed by atoms with Crippen molar-refractivity contribution in [1.82, 2.24) is 25.5 Å². The molecule has 3 heterocycles. The smallest absolute Gasteiger partial charge is 0.388 e. The topological polar surface area (TPSA) is 71.4 Å². The third-order valence-corrected chi connectivity index (χ3v) is 6.55. The Morgan fingerprint density at radius 3 is 2.60 bits per heavy atom. The highest BCUT2D eigenvalue weighted by molar-refractivity contribution is 6.35. The quantitative estimate of drug-likeness (QED) is 0.483. The van der Waals surface area contributed by atoms with Crippen molar-refractivity contribution >= 4 is 40.9 Å². The summed E-state index contributed by atoms with van der Waals surface area (Å²) in [5.74, 6) is -0.110. The number of aromatic nitrogens is 2. The van der Waals surface area contributed by atoms with Gasteiger partial charge in [-0.15, -0.1) is 5.10 Å². The summed E-state index contributed by atoms with van der Waals surface area (Å²) in [6, 6.07) is 11.4. The highest BCUT2D eigenvalue weighted by Gasteiger charge is 2.28. The van der Waals surface area contributed by atoms with Crippen LogP contribution in [0.1, 0.15) is 36.1 Å². The van der Waals surface area contributed by atoms with Gasteiger partial charge in [-0.2, -0.15) is 0 Å². The van der Waals surface area contributed by atoms with Gasteiger partial charge in [0.15, 0.2) is 0 Å². The van der Waals surface area contributed by atoms with Crippen LogP contribution >= 0.6 is 23.2 Å². The van der Waals surface area contributed by atoms with E-state index in [1.165, 1.54) is 12.1 Å². The first kappa shape index (κ1) is 23.8. The fourth-order valence-corrected chi connectivity index (χ4v) is 4.85. The zero-order valence-electron chi connectivity index (χ0n) is 18.9. The molecule has 0 atom stereocenters. The molecule has 2 aromatic carbocycles. The van der Waals surface area contributed by atoms with Gasteiger partial charge in [-0.1, -0.05) is 41.8 Å². The first-order valence-electron chi connectivity index (χ1n) is 11.5. The first-order valence-corrected chi connectivity index (χ1v) is 12.2. The number of carbonyl (C=O) groups is 1. The number of rotatable bonds is 4. The number of benzene rings is 2. The number of nitrogens with one attached hydrogen (secondary N) is 2. The van der Waals surface area contributed by atoms with Gasteiger partial charge in [-0.25, -0.2) is 18.9 Å². The molecule has 0 radical (unpaired) electrons. The Hall–Kier alpha value is -2.91. The second-order valence-electron chi connectivity index (χ2n) is 8.51. The van der Waals surface area contributed by atoms with E-state index in [0.717, 1.165) is 54.7 Å². The van der Waals surface area contributed by atoms with E-state index in [4.69, 9.17) is 27.9 Å². The Balaban J connectivity index is 1.54. The maximum atomic E-state index is 13.4. The van der Waals surface area contributed by atoms with Crippen LogP contribution in [0.3, 0.4) is 0 Å². The van der Waals surface area contributed by atoms with Crippen molar-refractivity contribution in [2.45, 2.75) is 25.8 Å². The molecular weight excluding hydrogens is 492 g/mol. The predicted octanol–water partition coefficient (Wildman–Crippen LogP) is 5.45. The minimum Gasteiger partial charge on any atom is -0.388 e. The van der Waals surface area contributed by atoms with Gasteiger partial charge in [-0.3, -0.25) is 5.43 Å². The molecule has 182 valence electrons. The van der Waals surface area contributed by atoms with Crippen molar-refractivity contribution in [3.05, 3.63) is 75.1 Å². The van der Waals surface area contributed by atoms with Gasteiger partial charge >= 0.3 is 6.09 Å². The lowest BCUT2D eigenvalue weighted by atomic mass is 10.0. The minimum atomic E-state index is -0.587. The summed E-state index contributed by atoms with van der Waals surface area (Å²) >= 11 is 12.6. The molecule has 0 aliphatic carbocycles. The van der Waals surface area contributed by atoms with E-state index in [1.807, 2.05) is 11.1 Å². The average Bonchev–Trinajstić information content (AvgIpc) is 3.20. The normalized spacial score (nSPS) is 17.3. The Kier molecular flexibility index (Phi) is 7.06. The lowest BCUT2D eigenvalue weighted by molar-refractivity contribution is 0.127. The van der Waals surface area contributed by atoms with Crippen LogP contribution in [0.5, 0.6) is 5.88 Å². The fraction of sp³-hybridized carbons (Fsp3) is 0.280. The summed E-state index contributed by atoms with van der Waals surface area (Å²) < 4.78 is 20.8. The molecule has 2 aliphatic rings. The third-order valence-electron chi connectivity index (χ3n) is 6.01. The van der Waals surface area contributed by atoms with Crippen LogP contribution in [0.2, 0.25) is 10.0 Å². The van der Waals surface area contributed by atoms with Crippen molar-refractivity contribution in [3.8, 4) is 11.6 Å². The average molecular weight is 516 g/mol. The number of ether oxygens (including phenoxy) is 1. The van der Waals surface area contributed by atoms with Gasteiger partial charge in [0.1, 0.15) is 5.82 Å². The van der Waals surface area contributed by atoms with E-state index in [0.29, 0.717) is 28.8 Å². The van der Waals surface area contributed by atoms with Crippen LogP contribution in [-0.2, 0) is 6.54 Å². The highest BCUT2D eigenvalue weighted by Crippen LogP contribution is 2.36. The predicted molar refractivity (Wildman–Crippen MR) is 134 cm³/mol. The van der Waals surface area contributed by atoms with Crippen LogP contribution in [0.4, 0.5) is 9.18 Å². The lowest BCUT2D eigenvalue weighted by Crippen LogP contribution is -2.46. The number of carbonyl (C=O) groups excluding carboxylic acids is 1. The molecule has 0 saturated carbocycles. The lowest BCUT2D eigenvalue weighted by Gasteiger charge is -2.26. The summed E-state index contributed by atoms with van der Waals surface area (Å²) in [5.41, 5.74) is 6.62. The van der Waals surface area contributed by atoms with Gasteiger partial charge < -0.3 is 10.1 Å². The molecule has 0 spiro atoms. The van der Waals surface area contributed by atoms with Crippen molar-refractivity contribution < 1.29 is 13.9 Å².